The van der Waals surface area contributed by atoms with Crippen molar-refractivity contribution >= 4 is 55.9 Å². The van der Waals surface area contributed by atoms with Crippen molar-refractivity contribution in [2.75, 3.05) is 9.80 Å². The first-order valence-electron chi connectivity index (χ1n) is 20.9. The minimum absolute atomic E-state index is 0.234. The van der Waals surface area contributed by atoms with Gasteiger partial charge in [-0.05, 0) is 112 Å². The molecular formula is C57H41N3. The van der Waals surface area contributed by atoms with Gasteiger partial charge >= 0.3 is 0 Å². The van der Waals surface area contributed by atoms with Crippen molar-refractivity contribution < 1.29 is 0 Å². The third-order valence-electron chi connectivity index (χ3n) is 12.8. The molecule has 3 heteroatoms. The lowest BCUT2D eigenvalue weighted by Gasteiger charge is -2.30. The first-order valence-corrected chi connectivity index (χ1v) is 20.9. The molecule has 0 N–H and O–H groups in total. The smallest absolute Gasteiger partial charge is 0.0619 e. The van der Waals surface area contributed by atoms with Crippen LogP contribution in [0.25, 0.3) is 60.9 Å². The van der Waals surface area contributed by atoms with Crippen molar-refractivity contribution in [2.24, 2.45) is 0 Å². The number of hydrogen-bond acceptors (Lipinski definition) is 2. The summed E-state index contributed by atoms with van der Waals surface area (Å²) < 4.78 is 2.53. The quantitative estimate of drug-likeness (QED) is 0.160. The van der Waals surface area contributed by atoms with Gasteiger partial charge in [-0.15, -0.1) is 0 Å². The summed E-state index contributed by atoms with van der Waals surface area (Å²) in [5.74, 6) is 0. The first kappa shape index (κ1) is 34.4. The first-order chi connectivity index (χ1) is 29.6. The predicted octanol–water partition coefficient (Wildman–Crippen LogP) is 15.7. The van der Waals surface area contributed by atoms with Crippen LogP contribution >= 0.6 is 0 Å². The van der Waals surface area contributed by atoms with Crippen LogP contribution in [0, 0.1) is 0 Å². The van der Waals surface area contributed by atoms with Gasteiger partial charge in [-0.3, -0.25) is 0 Å². The Morgan fingerprint density at radius 2 is 0.900 bits per heavy atom. The Morgan fingerprint density at radius 3 is 1.58 bits per heavy atom. The molecule has 10 aromatic rings. The molecule has 3 nitrogen and oxygen atoms in total. The predicted molar refractivity (Wildman–Crippen MR) is 252 cm³/mol. The molecule has 2 aliphatic rings. The summed E-state index contributed by atoms with van der Waals surface area (Å²) >= 11 is 0. The van der Waals surface area contributed by atoms with Crippen molar-refractivity contribution in [1.29, 1.82) is 0 Å². The Kier molecular flexibility index (Phi) is 7.58. The van der Waals surface area contributed by atoms with E-state index in [4.69, 9.17) is 0 Å². The monoisotopic (exact) mass is 767 g/mol. The van der Waals surface area contributed by atoms with Crippen LogP contribution in [-0.2, 0) is 5.41 Å². The van der Waals surface area contributed by atoms with Gasteiger partial charge in [-0.25, -0.2) is 0 Å². The lowest BCUT2D eigenvalue weighted by atomic mass is 9.77. The third-order valence-corrected chi connectivity index (χ3v) is 12.8. The summed E-state index contributed by atoms with van der Waals surface area (Å²) in [4.78, 5) is 4.72. The van der Waals surface area contributed by atoms with E-state index >= 15 is 0 Å². The molecule has 0 saturated carbocycles. The van der Waals surface area contributed by atoms with Crippen LogP contribution in [0.2, 0.25) is 0 Å². The molecule has 60 heavy (non-hydrogen) atoms. The molecule has 9 aromatic carbocycles. The van der Waals surface area contributed by atoms with Crippen LogP contribution in [0.5, 0.6) is 0 Å². The zero-order valence-corrected chi connectivity index (χ0v) is 33.5. The maximum atomic E-state index is 2.53. The van der Waals surface area contributed by atoms with Crippen molar-refractivity contribution in [3.8, 4) is 39.1 Å². The minimum Gasteiger partial charge on any atom is -0.310 e. The zero-order chi connectivity index (χ0) is 40.0. The summed E-state index contributed by atoms with van der Waals surface area (Å²) in [5, 5.41) is 2.59. The van der Waals surface area contributed by atoms with E-state index in [1.165, 1.54) is 72.0 Å². The Morgan fingerprint density at radius 1 is 0.383 bits per heavy atom. The molecule has 0 amide bonds. The second kappa shape index (κ2) is 13.2. The maximum absolute atomic E-state index is 2.53. The van der Waals surface area contributed by atoms with Gasteiger partial charge in [0.1, 0.15) is 0 Å². The number of anilines is 6. The summed E-state index contributed by atoms with van der Waals surface area (Å²) in [6.07, 6.45) is 0. The number of aromatic nitrogens is 1. The van der Waals surface area contributed by atoms with Gasteiger partial charge in [-0.2, -0.15) is 0 Å². The lowest BCUT2D eigenvalue weighted by Crippen LogP contribution is -2.17. The van der Waals surface area contributed by atoms with Crippen LogP contribution in [0.1, 0.15) is 25.0 Å². The van der Waals surface area contributed by atoms with Gasteiger partial charge in [0.2, 0.25) is 0 Å². The van der Waals surface area contributed by atoms with Crippen molar-refractivity contribution in [2.45, 2.75) is 19.3 Å². The van der Waals surface area contributed by atoms with Crippen LogP contribution in [0.15, 0.2) is 212 Å². The van der Waals surface area contributed by atoms with Crippen LogP contribution < -0.4 is 9.80 Å². The molecular weight excluding hydrogens is 727 g/mol. The molecule has 1 aliphatic carbocycles. The minimum atomic E-state index is -0.234. The fourth-order valence-electron chi connectivity index (χ4n) is 10.3. The summed E-state index contributed by atoms with van der Waals surface area (Å²) in [5.41, 5.74) is 20.7. The van der Waals surface area contributed by atoms with Crippen molar-refractivity contribution in [3.63, 3.8) is 0 Å². The van der Waals surface area contributed by atoms with E-state index in [2.05, 4.69) is 241 Å². The van der Waals surface area contributed by atoms with E-state index in [-0.39, 0.29) is 5.41 Å². The number of rotatable bonds is 7. The second-order valence-corrected chi connectivity index (χ2v) is 16.5. The number of hydrogen-bond donors (Lipinski definition) is 0. The van der Waals surface area contributed by atoms with Crippen molar-refractivity contribution in [1.82, 2.24) is 4.57 Å². The molecule has 1 aromatic heterocycles. The molecule has 2 heterocycles. The molecule has 1 aliphatic heterocycles. The Bertz CT molecular complexity index is 3250. The van der Waals surface area contributed by atoms with Gasteiger partial charge in [-0.1, -0.05) is 147 Å². The maximum Gasteiger partial charge on any atom is 0.0619 e. The van der Waals surface area contributed by atoms with Gasteiger partial charge in [0.25, 0.3) is 0 Å². The van der Waals surface area contributed by atoms with Gasteiger partial charge < -0.3 is 14.4 Å². The Hall–Kier alpha value is -7.62. The van der Waals surface area contributed by atoms with E-state index in [0.717, 1.165) is 34.1 Å². The number of nitrogens with zero attached hydrogens (tertiary/aromatic N) is 3. The summed E-state index contributed by atoms with van der Waals surface area (Å²) in [7, 11) is 0. The van der Waals surface area contributed by atoms with E-state index in [0.29, 0.717) is 0 Å². The highest BCUT2D eigenvalue weighted by Crippen LogP contribution is 2.60. The lowest BCUT2D eigenvalue weighted by molar-refractivity contribution is 0.662. The van der Waals surface area contributed by atoms with E-state index in [1.54, 1.807) is 0 Å². The van der Waals surface area contributed by atoms with Crippen LogP contribution in [0.3, 0.4) is 0 Å². The molecule has 12 rings (SSSR count). The van der Waals surface area contributed by atoms with E-state index in [9.17, 15) is 0 Å². The molecule has 0 atom stereocenters. The second-order valence-electron chi connectivity index (χ2n) is 16.5. The number of para-hydroxylation sites is 5. The normalized spacial score (nSPS) is 13.0. The van der Waals surface area contributed by atoms with E-state index in [1.807, 2.05) is 0 Å². The van der Waals surface area contributed by atoms with Crippen LogP contribution in [-0.4, -0.2) is 4.57 Å². The fraction of sp³-hybridized carbons (Fsp3) is 0.0526. The summed E-state index contributed by atoms with van der Waals surface area (Å²) in [6, 6.07) is 77.5. The molecule has 0 unspecified atom stereocenters. The molecule has 0 radical (unpaired) electrons. The standard InChI is InChI=1S/C57H41N3/c1-57(2)50-31-17-33-52-54(50)53-47(49-30-16-29-48-46-28-12-13-32-51(46)60(52)56(48)49)35-34-45(55(53)57)38-18-14-25-42(36-38)59(41-23-10-5-11-24-41)44-27-15-26-43(37-44)58(39-19-6-3-7-20-39)40-21-8-4-9-22-40/h3-37H,1-2H3. The number of fused-ring (bicyclic) bond motifs is 5. The average Bonchev–Trinajstić information content (AvgIpc) is 3.72. The fourth-order valence-corrected chi connectivity index (χ4v) is 10.3. The van der Waals surface area contributed by atoms with Crippen LogP contribution in [0.4, 0.5) is 34.1 Å². The highest BCUT2D eigenvalue weighted by Gasteiger charge is 2.42. The molecule has 0 fully saturated rings. The largest absolute Gasteiger partial charge is 0.310 e. The summed E-state index contributed by atoms with van der Waals surface area (Å²) in [6.45, 7) is 4.84. The van der Waals surface area contributed by atoms with Gasteiger partial charge in [0, 0.05) is 61.4 Å². The Labute approximate surface area is 350 Å². The van der Waals surface area contributed by atoms with E-state index < -0.39 is 0 Å². The molecule has 0 spiro atoms. The molecule has 0 saturated heterocycles. The van der Waals surface area contributed by atoms with Gasteiger partial charge in [0.05, 0.1) is 16.7 Å². The number of benzene rings is 9. The molecule has 284 valence electrons. The van der Waals surface area contributed by atoms with Crippen molar-refractivity contribution in [3.05, 3.63) is 223 Å². The highest BCUT2D eigenvalue weighted by molar-refractivity contribution is 6.17. The van der Waals surface area contributed by atoms with Gasteiger partial charge in [0.15, 0.2) is 0 Å². The topological polar surface area (TPSA) is 11.4 Å². The highest BCUT2D eigenvalue weighted by atomic mass is 15.2. The molecule has 0 bridgehead atoms. The third kappa shape index (κ3) is 5.02. The Balaban J connectivity index is 1.05. The SMILES string of the molecule is CC1(C)c2cccc3c2-c2c(ccc(-c4cccc(N(c5ccccc5)c5cccc(N(c6ccccc6)c6ccccc6)c5)c4)c21)-c1cccc2c4ccccc4n-3c12. The zero-order valence-electron chi connectivity index (χ0n) is 33.5. The average molecular weight is 768 g/mol.